The number of nitrogens with one attached hydrogen (secondary N) is 1. The largest absolute Gasteiger partial charge is 0.416 e. The van der Waals surface area contributed by atoms with Crippen molar-refractivity contribution in [3.8, 4) is 5.82 Å². The fourth-order valence-corrected chi connectivity index (χ4v) is 3.26. The average molecular weight is 495 g/mol. The highest BCUT2D eigenvalue weighted by Crippen LogP contribution is 2.32. The van der Waals surface area contributed by atoms with E-state index in [9.17, 15) is 22.8 Å². The van der Waals surface area contributed by atoms with Gasteiger partial charge in [0.2, 0.25) is 0 Å². The number of alkyl halides is 3. The van der Waals surface area contributed by atoms with Gasteiger partial charge in [0.25, 0.3) is 11.8 Å². The van der Waals surface area contributed by atoms with Crippen LogP contribution < -0.4 is 5.32 Å². The SMILES string of the molecule is CC(C)N(C)C(=O)c1ccc(-n2ncnc2[C@H](C)NC(=O)c2cc(Cl)cc(C(F)(F)F)c2)nc1. The molecule has 12 heteroatoms. The summed E-state index contributed by atoms with van der Waals surface area (Å²) in [4.78, 5) is 35.1. The Hall–Kier alpha value is -3.47. The molecule has 0 unspecified atom stereocenters. The van der Waals surface area contributed by atoms with Gasteiger partial charge < -0.3 is 10.2 Å². The first-order valence-electron chi connectivity index (χ1n) is 10.2. The first kappa shape index (κ1) is 25.2. The van der Waals surface area contributed by atoms with Gasteiger partial charge in [-0.3, -0.25) is 9.59 Å². The Morgan fingerprint density at radius 2 is 1.79 bits per heavy atom. The van der Waals surface area contributed by atoms with E-state index >= 15 is 0 Å². The van der Waals surface area contributed by atoms with E-state index in [0.29, 0.717) is 11.4 Å². The zero-order chi connectivity index (χ0) is 25.2. The lowest BCUT2D eigenvalue weighted by atomic mass is 10.1. The van der Waals surface area contributed by atoms with Crippen molar-refractivity contribution in [2.24, 2.45) is 0 Å². The molecule has 0 saturated heterocycles. The van der Waals surface area contributed by atoms with Gasteiger partial charge in [0.1, 0.15) is 6.33 Å². The Morgan fingerprint density at radius 3 is 2.38 bits per heavy atom. The molecule has 0 aliphatic rings. The molecule has 180 valence electrons. The van der Waals surface area contributed by atoms with Crippen molar-refractivity contribution in [2.75, 3.05) is 7.05 Å². The minimum atomic E-state index is -4.64. The molecule has 1 N–H and O–H groups in total. The maximum Gasteiger partial charge on any atom is 0.416 e. The second-order valence-electron chi connectivity index (χ2n) is 7.87. The average Bonchev–Trinajstić information content (AvgIpc) is 3.27. The summed E-state index contributed by atoms with van der Waals surface area (Å²) in [5.41, 5.74) is -0.875. The zero-order valence-electron chi connectivity index (χ0n) is 18.8. The van der Waals surface area contributed by atoms with Gasteiger partial charge in [-0.1, -0.05) is 11.6 Å². The maximum absolute atomic E-state index is 13.1. The minimum Gasteiger partial charge on any atom is -0.342 e. The van der Waals surface area contributed by atoms with Crippen molar-refractivity contribution < 1.29 is 22.8 Å². The van der Waals surface area contributed by atoms with Crippen LogP contribution >= 0.6 is 11.6 Å². The van der Waals surface area contributed by atoms with Gasteiger partial charge in [0.15, 0.2) is 11.6 Å². The number of carbonyl (C=O) groups is 2. The van der Waals surface area contributed by atoms with Crippen molar-refractivity contribution in [1.82, 2.24) is 30.0 Å². The molecular weight excluding hydrogens is 473 g/mol. The highest BCUT2D eigenvalue weighted by Gasteiger charge is 2.32. The van der Waals surface area contributed by atoms with Crippen molar-refractivity contribution in [1.29, 1.82) is 0 Å². The lowest BCUT2D eigenvalue weighted by Gasteiger charge is -2.21. The molecule has 3 aromatic rings. The molecule has 1 aromatic carbocycles. The quantitative estimate of drug-likeness (QED) is 0.551. The number of carbonyl (C=O) groups excluding carboxylic acids is 2. The second kappa shape index (κ2) is 9.80. The predicted octanol–water partition coefficient (Wildman–Crippen LogP) is 4.31. The van der Waals surface area contributed by atoms with Crippen LogP contribution in [-0.2, 0) is 6.18 Å². The Morgan fingerprint density at radius 1 is 1.09 bits per heavy atom. The molecule has 0 aliphatic carbocycles. The Labute approximate surface area is 198 Å². The fraction of sp³-hybridized carbons (Fsp3) is 0.318. The molecule has 0 bridgehead atoms. The molecule has 2 amide bonds. The van der Waals surface area contributed by atoms with Crippen LogP contribution in [0.4, 0.5) is 13.2 Å². The van der Waals surface area contributed by atoms with Gasteiger partial charge in [0, 0.05) is 29.9 Å². The van der Waals surface area contributed by atoms with E-state index in [2.05, 4.69) is 20.4 Å². The molecule has 0 saturated carbocycles. The highest BCUT2D eigenvalue weighted by molar-refractivity contribution is 6.31. The molecule has 1 atom stereocenters. The van der Waals surface area contributed by atoms with Crippen LogP contribution in [-0.4, -0.2) is 49.6 Å². The first-order chi connectivity index (χ1) is 15.9. The number of hydrogen-bond donors (Lipinski definition) is 1. The van der Waals surface area contributed by atoms with Crippen LogP contribution in [0.1, 0.15) is 58.9 Å². The number of benzene rings is 1. The predicted molar refractivity (Wildman–Crippen MR) is 119 cm³/mol. The number of halogens is 4. The lowest BCUT2D eigenvalue weighted by molar-refractivity contribution is -0.137. The summed E-state index contributed by atoms with van der Waals surface area (Å²) in [6.45, 7) is 5.39. The van der Waals surface area contributed by atoms with E-state index in [4.69, 9.17) is 11.6 Å². The third-order valence-electron chi connectivity index (χ3n) is 5.10. The summed E-state index contributed by atoms with van der Waals surface area (Å²) >= 11 is 5.77. The van der Waals surface area contributed by atoms with Gasteiger partial charge in [-0.15, -0.1) is 0 Å². The van der Waals surface area contributed by atoms with Crippen molar-refractivity contribution in [3.63, 3.8) is 0 Å². The van der Waals surface area contributed by atoms with Crippen LogP contribution in [0.15, 0.2) is 42.9 Å². The lowest BCUT2D eigenvalue weighted by Crippen LogP contribution is -2.33. The molecule has 0 spiro atoms. The van der Waals surface area contributed by atoms with Gasteiger partial charge in [-0.05, 0) is 51.1 Å². The summed E-state index contributed by atoms with van der Waals surface area (Å²) in [7, 11) is 1.69. The van der Waals surface area contributed by atoms with Gasteiger partial charge in [0.05, 0.1) is 17.2 Å². The number of nitrogens with zero attached hydrogens (tertiary/aromatic N) is 5. The molecule has 2 aromatic heterocycles. The van der Waals surface area contributed by atoms with E-state index < -0.39 is 23.7 Å². The standard InChI is InChI=1S/C22H22ClF3N6O2/c1-12(2)31(4)21(34)14-5-6-18(27-10-14)32-19(28-11-29-32)13(3)30-20(33)15-7-16(22(24,25)26)9-17(23)8-15/h5-13H,1-4H3,(H,30,33)/t13-/m0/s1. The third kappa shape index (κ3) is 5.53. The monoisotopic (exact) mass is 494 g/mol. The summed E-state index contributed by atoms with van der Waals surface area (Å²) in [5.74, 6) is -0.314. The molecular formula is C22H22ClF3N6O2. The molecule has 3 rings (SSSR count). The van der Waals surface area contributed by atoms with Gasteiger partial charge in [-0.2, -0.15) is 23.0 Å². The number of amides is 2. The molecule has 2 heterocycles. The molecule has 0 aliphatic heterocycles. The third-order valence-corrected chi connectivity index (χ3v) is 5.32. The van der Waals surface area contributed by atoms with Crippen LogP contribution in [0, 0.1) is 0 Å². The van der Waals surface area contributed by atoms with Crippen molar-refractivity contribution >= 4 is 23.4 Å². The van der Waals surface area contributed by atoms with Gasteiger partial charge >= 0.3 is 6.18 Å². The summed E-state index contributed by atoms with van der Waals surface area (Å²) in [6.07, 6.45) is -1.97. The fourth-order valence-electron chi connectivity index (χ4n) is 3.03. The van der Waals surface area contributed by atoms with Crippen molar-refractivity contribution in [3.05, 3.63) is 70.4 Å². The first-order valence-corrected chi connectivity index (χ1v) is 10.6. The normalized spacial score (nSPS) is 12.5. The maximum atomic E-state index is 13.1. The summed E-state index contributed by atoms with van der Waals surface area (Å²) in [5, 5.41) is 6.50. The Balaban J connectivity index is 1.80. The Bertz CT molecular complexity index is 1190. The smallest absolute Gasteiger partial charge is 0.342 e. The molecule has 34 heavy (non-hydrogen) atoms. The van der Waals surface area contributed by atoms with E-state index in [0.717, 1.165) is 18.2 Å². The summed E-state index contributed by atoms with van der Waals surface area (Å²) in [6, 6.07) is 5.09. The van der Waals surface area contributed by atoms with Crippen molar-refractivity contribution in [2.45, 2.75) is 39.0 Å². The van der Waals surface area contributed by atoms with Crippen LogP contribution in [0.25, 0.3) is 5.82 Å². The topological polar surface area (TPSA) is 93.0 Å². The van der Waals surface area contributed by atoms with Crippen LogP contribution in [0.2, 0.25) is 5.02 Å². The molecule has 0 fully saturated rings. The van der Waals surface area contributed by atoms with Crippen LogP contribution in [0.3, 0.4) is 0 Å². The zero-order valence-corrected chi connectivity index (χ0v) is 19.5. The molecule has 8 nitrogen and oxygen atoms in total. The second-order valence-corrected chi connectivity index (χ2v) is 8.30. The van der Waals surface area contributed by atoms with Gasteiger partial charge in [-0.25, -0.2) is 9.97 Å². The van der Waals surface area contributed by atoms with E-state index in [1.807, 2.05) is 13.8 Å². The van der Waals surface area contributed by atoms with E-state index in [1.165, 1.54) is 17.2 Å². The summed E-state index contributed by atoms with van der Waals surface area (Å²) < 4.78 is 40.5. The van der Waals surface area contributed by atoms with Crippen LogP contribution in [0.5, 0.6) is 0 Å². The minimum absolute atomic E-state index is 0.0188. The Kier molecular flexibility index (Phi) is 7.25. The molecule has 0 radical (unpaired) electrons. The number of rotatable bonds is 6. The number of aromatic nitrogens is 4. The highest BCUT2D eigenvalue weighted by atomic mass is 35.5. The van der Waals surface area contributed by atoms with E-state index in [1.54, 1.807) is 31.0 Å². The number of hydrogen-bond acceptors (Lipinski definition) is 5. The number of pyridine rings is 1. The van der Waals surface area contributed by atoms with E-state index in [-0.39, 0.29) is 28.4 Å².